The number of imide groups is 1. The fourth-order valence-electron chi connectivity index (χ4n) is 1.43. The Morgan fingerprint density at radius 1 is 1.29 bits per heavy atom. The van der Waals surface area contributed by atoms with E-state index in [-0.39, 0.29) is 11.8 Å². The van der Waals surface area contributed by atoms with Crippen molar-refractivity contribution in [2.75, 3.05) is 6.54 Å². The van der Waals surface area contributed by atoms with Crippen LogP contribution in [0.25, 0.3) is 0 Å². The van der Waals surface area contributed by atoms with Gasteiger partial charge in [-0.15, -0.1) is 0 Å². The largest absolute Gasteiger partial charge is 0.393 e. The van der Waals surface area contributed by atoms with Gasteiger partial charge >= 0.3 is 0 Å². The first-order chi connectivity index (χ1) is 6.61. The molecule has 1 aliphatic rings. The van der Waals surface area contributed by atoms with Crippen molar-refractivity contribution >= 4 is 29.0 Å². The summed E-state index contributed by atoms with van der Waals surface area (Å²) >= 11 is 4.70. The van der Waals surface area contributed by atoms with Gasteiger partial charge in [-0.1, -0.05) is 12.2 Å². The first-order valence-corrected chi connectivity index (χ1v) is 5.13. The second-order valence-corrected chi connectivity index (χ2v) is 3.89. The van der Waals surface area contributed by atoms with Crippen LogP contribution in [0.5, 0.6) is 0 Å². The van der Waals surface area contributed by atoms with Gasteiger partial charge in [0.1, 0.15) is 0 Å². The molecule has 78 valence electrons. The molecule has 2 amide bonds. The molecule has 1 saturated heterocycles. The summed E-state index contributed by atoms with van der Waals surface area (Å²) in [6.07, 6.45) is 2.95. The summed E-state index contributed by atoms with van der Waals surface area (Å²) in [7, 11) is 0. The molecule has 1 heterocycles. The van der Waals surface area contributed by atoms with Crippen LogP contribution in [-0.2, 0) is 9.59 Å². The van der Waals surface area contributed by atoms with Crippen LogP contribution in [0.15, 0.2) is 0 Å². The standard InChI is InChI=1S/C9H14N2O2S/c10-7(14)5-6-11-8(12)3-1-2-4-9(11)13/h1-6H2,(H2,10,14). The van der Waals surface area contributed by atoms with Crippen LogP contribution >= 0.6 is 12.2 Å². The minimum Gasteiger partial charge on any atom is -0.393 e. The predicted molar refractivity (Wildman–Crippen MR) is 56.6 cm³/mol. The molecule has 0 aromatic rings. The van der Waals surface area contributed by atoms with Gasteiger partial charge in [0.15, 0.2) is 0 Å². The van der Waals surface area contributed by atoms with Crippen LogP contribution in [0.1, 0.15) is 32.1 Å². The van der Waals surface area contributed by atoms with Gasteiger partial charge in [-0.2, -0.15) is 0 Å². The lowest BCUT2D eigenvalue weighted by atomic mass is 10.2. The zero-order chi connectivity index (χ0) is 10.6. The number of nitrogens with two attached hydrogens (primary N) is 1. The molecule has 0 bridgehead atoms. The van der Waals surface area contributed by atoms with Gasteiger partial charge in [-0.25, -0.2) is 0 Å². The van der Waals surface area contributed by atoms with E-state index in [1.165, 1.54) is 4.90 Å². The molecule has 0 unspecified atom stereocenters. The number of rotatable bonds is 3. The van der Waals surface area contributed by atoms with Crippen molar-refractivity contribution in [3.63, 3.8) is 0 Å². The molecule has 0 spiro atoms. The molecule has 0 aromatic carbocycles. The van der Waals surface area contributed by atoms with Crippen LogP contribution in [-0.4, -0.2) is 28.2 Å². The Balaban J connectivity index is 2.56. The molecule has 0 aromatic heterocycles. The van der Waals surface area contributed by atoms with Crippen molar-refractivity contribution in [3.05, 3.63) is 0 Å². The van der Waals surface area contributed by atoms with Crippen LogP contribution in [0, 0.1) is 0 Å². The molecule has 1 aliphatic heterocycles. The van der Waals surface area contributed by atoms with E-state index >= 15 is 0 Å². The number of carbonyl (C=O) groups excluding carboxylic acids is 2. The van der Waals surface area contributed by atoms with Gasteiger partial charge in [0.2, 0.25) is 11.8 Å². The van der Waals surface area contributed by atoms with Crippen LogP contribution in [0.2, 0.25) is 0 Å². The Hall–Kier alpha value is -0.970. The average molecular weight is 214 g/mol. The molecular formula is C9H14N2O2S. The van der Waals surface area contributed by atoms with Crippen molar-refractivity contribution in [1.82, 2.24) is 4.90 Å². The lowest BCUT2D eigenvalue weighted by Crippen LogP contribution is -2.37. The molecule has 5 heteroatoms. The normalized spacial score (nSPS) is 18.1. The van der Waals surface area contributed by atoms with Crippen LogP contribution in [0.4, 0.5) is 0 Å². The Bertz CT molecular complexity index is 248. The Labute approximate surface area is 88.4 Å². The monoisotopic (exact) mass is 214 g/mol. The van der Waals surface area contributed by atoms with Gasteiger partial charge in [-0.05, 0) is 12.8 Å². The highest BCUT2D eigenvalue weighted by atomic mass is 32.1. The van der Waals surface area contributed by atoms with Crippen LogP contribution < -0.4 is 5.73 Å². The van der Waals surface area contributed by atoms with Crippen molar-refractivity contribution in [3.8, 4) is 0 Å². The molecule has 2 N–H and O–H groups in total. The molecule has 14 heavy (non-hydrogen) atoms. The number of hydrogen-bond donors (Lipinski definition) is 1. The molecule has 1 fully saturated rings. The first kappa shape index (κ1) is 11.1. The molecule has 0 atom stereocenters. The highest BCUT2D eigenvalue weighted by Gasteiger charge is 2.23. The highest BCUT2D eigenvalue weighted by molar-refractivity contribution is 7.80. The maximum Gasteiger partial charge on any atom is 0.229 e. The van der Waals surface area contributed by atoms with E-state index in [1.807, 2.05) is 0 Å². The van der Waals surface area contributed by atoms with E-state index in [2.05, 4.69) is 0 Å². The molecule has 0 aliphatic carbocycles. The smallest absolute Gasteiger partial charge is 0.229 e. The minimum absolute atomic E-state index is 0.0937. The second kappa shape index (κ2) is 5.05. The summed E-state index contributed by atoms with van der Waals surface area (Å²) in [5.41, 5.74) is 5.32. The topological polar surface area (TPSA) is 63.4 Å². The quantitative estimate of drug-likeness (QED) is 0.551. The van der Waals surface area contributed by atoms with Crippen molar-refractivity contribution < 1.29 is 9.59 Å². The summed E-state index contributed by atoms with van der Waals surface area (Å²) < 4.78 is 0. The van der Waals surface area contributed by atoms with Gasteiger partial charge < -0.3 is 5.73 Å². The predicted octanol–water partition coefficient (Wildman–Crippen LogP) is 0.592. The SMILES string of the molecule is NC(=S)CCN1C(=O)CCCCC1=O. The molecule has 0 saturated carbocycles. The van der Waals surface area contributed by atoms with Gasteiger partial charge in [0, 0.05) is 25.8 Å². The van der Waals surface area contributed by atoms with E-state index in [1.54, 1.807) is 0 Å². The minimum atomic E-state index is -0.0937. The third-order valence-electron chi connectivity index (χ3n) is 2.22. The van der Waals surface area contributed by atoms with Gasteiger partial charge in [-0.3, -0.25) is 14.5 Å². The third-order valence-corrected chi connectivity index (χ3v) is 2.42. The first-order valence-electron chi connectivity index (χ1n) is 4.73. The second-order valence-electron chi connectivity index (χ2n) is 3.36. The van der Waals surface area contributed by atoms with Gasteiger partial charge in [0.05, 0.1) is 4.99 Å². The molecular weight excluding hydrogens is 200 g/mol. The maximum absolute atomic E-state index is 11.5. The zero-order valence-corrected chi connectivity index (χ0v) is 8.81. The van der Waals surface area contributed by atoms with E-state index in [4.69, 9.17) is 18.0 Å². The fourth-order valence-corrected chi connectivity index (χ4v) is 1.52. The Morgan fingerprint density at radius 3 is 2.21 bits per heavy atom. The maximum atomic E-state index is 11.5. The van der Waals surface area contributed by atoms with E-state index in [0.717, 1.165) is 12.8 Å². The molecule has 1 rings (SSSR count). The van der Waals surface area contributed by atoms with E-state index in [0.29, 0.717) is 30.8 Å². The number of nitrogens with zero attached hydrogens (tertiary/aromatic N) is 1. The third kappa shape index (κ3) is 3.06. The average Bonchev–Trinajstić information content (AvgIpc) is 2.25. The summed E-state index contributed by atoms with van der Waals surface area (Å²) in [5.74, 6) is -0.187. The number of carbonyl (C=O) groups is 2. The molecule has 0 radical (unpaired) electrons. The fraction of sp³-hybridized carbons (Fsp3) is 0.667. The van der Waals surface area contributed by atoms with Crippen molar-refractivity contribution in [2.24, 2.45) is 5.73 Å². The Kier molecular flexibility index (Phi) is 4.00. The zero-order valence-electron chi connectivity index (χ0n) is 7.99. The number of hydrogen-bond acceptors (Lipinski definition) is 3. The van der Waals surface area contributed by atoms with E-state index < -0.39 is 0 Å². The van der Waals surface area contributed by atoms with Crippen LogP contribution in [0.3, 0.4) is 0 Å². The summed E-state index contributed by atoms with van der Waals surface area (Å²) in [6, 6.07) is 0. The number of likely N-dealkylation sites (tertiary alicyclic amines) is 1. The summed E-state index contributed by atoms with van der Waals surface area (Å²) in [4.78, 5) is 24.5. The van der Waals surface area contributed by atoms with Crippen molar-refractivity contribution in [2.45, 2.75) is 32.1 Å². The lowest BCUT2D eigenvalue weighted by molar-refractivity contribution is -0.143. The molecule has 4 nitrogen and oxygen atoms in total. The lowest BCUT2D eigenvalue weighted by Gasteiger charge is -2.17. The highest BCUT2D eigenvalue weighted by Crippen LogP contribution is 2.12. The Morgan fingerprint density at radius 2 is 1.79 bits per heavy atom. The number of amides is 2. The summed E-state index contributed by atoms with van der Waals surface area (Å²) in [6.45, 7) is 0.340. The summed E-state index contributed by atoms with van der Waals surface area (Å²) in [5, 5.41) is 0. The number of thiocarbonyl (C=S) groups is 1. The van der Waals surface area contributed by atoms with Crippen molar-refractivity contribution in [1.29, 1.82) is 0 Å². The van der Waals surface area contributed by atoms with E-state index in [9.17, 15) is 9.59 Å². The van der Waals surface area contributed by atoms with Gasteiger partial charge in [0.25, 0.3) is 0 Å².